The number of carboxylic acid groups (broad SMARTS) is 1. The lowest BCUT2D eigenvalue weighted by Crippen LogP contribution is -2.46. The third-order valence-electron chi connectivity index (χ3n) is 3.20. The summed E-state index contributed by atoms with van der Waals surface area (Å²) in [6.07, 6.45) is -3.58. The normalized spacial score (nSPS) is 16.2. The Hall–Kier alpha value is -1.59. The summed E-state index contributed by atoms with van der Waals surface area (Å²) in [6, 6.07) is -0.953. The van der Waals surface area contributed by atoms with Gasteiger partial charge in [0.15, 0.2) is 5.78 Å². The minimum Gasteiger partial charge on any atom is -0.480 e. The summed E-state index contributed by atoms with van der Waals surface area (Å²) in [5, 5.41) is 50.2. The number of carbonyl (C=O) groups is 3. The van der Waals surface area contributed by atoms with Gasteiger partial charge in [-0.2, -0.15) is 0 Å². The molecule has 0 spiro atoms. The van der Waals surface area contributed by atoms with Crippen LogP contribution < -0.4 is 10.6 Å². The molecule has 0 aromatic carbocycles. The number of nitrogens with one attached hydrogen (secondary N) is 2. The molecule has 0 aliphatic carbocycles. The molecule has 0 radical (unpaired) electrons. The highest BCUT2D eigenvalue weighted by molar-refractivity contribution is 5.85. The van der Waals surface area contributed by atoms with Crippen LogP contribution in [-0.4, -0.2) is 87.7 Å². The number of Topliss-reactive ketones (excluding diaryl/α,β-unsaturated/α-hetero) is 1. The molecule has 4 atom stereocenters. The zero-order valence-electron chi connectivity index (χ0n) is 12.6. The lowest BCUT2D eigenvalue weighted by molar-refractivity contribution is -0.140. The maximum absolute atomic E-state index is 11.5. The van der Waals surface area contributed by atoms with Crippen LogP contribution in [0.15, 0.2) is 0 Å². The minimum absolute atomic E-state index is 0.244. The van der Waals surface area contributed by atoms with E-state index in [2.05, 4.69) is 10.6 Å². The van der Waals surface area contributed by atoms with Crippen LogP contribution in [0.2, 0.25) is 0 Å². The zero-order valence-corrected chi connectivity index (χ0v) is 12.6. The van der Waals surface area contributed by atoms with Crippen molar-refractivity contribution in [1.29, 1.82) is 0 Å². The first kappa shape index (κ1) is 21.4. The lowest BCUT2D eigenvalue weighted by atomic mass is 10.0. The van der Waals surface area contributed by atoms with Crippen LogP contribution in [0.4, 0.5) is 0 Å². The molecule has 1 unspecified atom stereocenters. The van der Waals surface area contributed by atoms with Gasteiger partial charge in [-0.25, -0.2) is 4.79 Å². The van der Waals surface area contributed by atoms with E-state index in [1.807, 2.05) is 0 Å². The molecule has 0 aromatic heterocycles. The van der Waals surface area contributed by atoms with Gasteiger partial charge in [-0.05, 0) is 25.8 Å². The highest BCUT2D eigenvalue weighted by Gasteiger charge is 2.29. The molecule has 10 nitrogen and oxygen atoms in total. The first-order chi connectivity index (χ1) is 10.8. The fraction of sp³-hybridized carbons (Fsp3) is 0.769. The maximum atomic E-state index is 11.5. The summed E-state index contributed by atoms with van der Waals surface area (Å²) in [6.45, 7) is -0.658. The van der Waals surface area contributed by atoms with Gasteiger partial charge in [-0.1, -0.05) is 0 Å². The predicted molar refractivity (Wildman–Crippen MR) is 77.5 cm³/mol. The number of hydrogen-bond acceptors (Lipinski definition) is 8. The van der Waals surface area contributed by atoms with Crippen molar-refractivity contribution in [3.8, 4) is 0 Å². The SMILES string of the molecule is O=CNC(CCCCNCC(=O)[C@@H](O)[C@H](O)[C@H](O)CO)C(=O)O. The molecule has 0 aromatic rings. The van der Waals surface area contributed by atoms with E-state index in [9.17, 15) is 24.6 Å². The highest BCUT2D eigenvalue weighted by Crippen LogP contribution is 2.02. The second kappa shape index (κ2) is 11.9. The van der Waals surface area contributed by atoms with Crippen molar-refractivity contribution in [2.45, 2.75) is 43.6 Å². The fourth-order valence-electron chi connectivity index (χ4n) is 1.78. The number of aliphatic carboxylic acids is 1. The van der Waals surface area contributed by atoms with Crippen molar-refractivity contribution in [2.24, 2.45) is 0 Å². The summed E-state index contributed by atoms with van der Waals surface area (Å²) in [5.74, 6) is -1.86. The van der Waals surface area contributed by atoms with Crippen LogP contribution >= 0.6 is 0 Å². The summed E-state index contributed by atoms with van der Waals surface area (Å²) in [4.78, 5) is 32.5. The molecule has 0 fully saturated rings. The average molecular weight is 336 g/mol. The quantitative estimate of drug-likeness (QED) is 0.126. The second-order valence-corrected chi connectivity index (χ2v) is 5.00. The standard InChI is InChI=1S/C13H24N2O8/c16-6-10(19)12(21)11(20)9(18)5-14-4-2-1-3-8(13(22)23)15-7-17/h7-8,10-12,14,16,19-21H,1-6H2,(H,15,17)(H,22,23)/t8?,10-,11-,12-/m1/s1. The number of carboxylic acids is 1. The van der Waals surface area contributed by atoms with Crippen LogP contribution in [0.1, 0.15) is 19.3 Å². The number of rotatable bonds is 14. The topological polar surface area (TPSA) is 176 Å². The van der Waals surface area contributed by atoms with Gasteiger partial charge in [0.2, 0.25) is 6.41 Å². The number of amides is 1. The Bertz CT molecular complexity index is 379. The van der Waals surface area contributed by atoms with Gasteiger partial charge < -0.3 is 36.2 Å². The molecule has 134 valence electrons. The van der Waals surface area contributed by atoms with Gasteiger partial charge in [0, 0.05) is 0 Å². The summed E-state index contributed by atoms with van der Waals surface area (Å²) < 4.78 is 0. The molecule has 0 bridgehead atoms. The first-order valence-corrected chi connectivity index (χ1v) is 7.16. The van der Waals surface area contributed by atoms with Gasteiger partial charge in [0.05, 0.1) is 13.2 Å². The molecule has 1 amide bonds. The lowest BCUT2D eigenvalue weighted by Gasteiger charge is -2.20. The molecular formula is C13H24N2O8. The van der Waals surface area contributed by atoms with Gasteiger partial charge in [-0.3, -0.25) is 9.59 Å². The smallest absolute Gasteiger partial charge is 0.326 e. The van der Waals surface area contributed by atoms with Crippen LogP contribution in [0, 0.1) is 0 Å². The highest BCUT2D eigenvalue weighted by atomic mass is 16.4. The molecule has 10 heteroatoms. The minimum atomic E-state index is -1.81. The number of ketones is 1. The van der Waals surface area contributed by atoms with Crippen molar-refractivity contribution in [3.63, 3.8) is 0 Å². The Balaban J connectivity index is 3.88. The molecule has 23 heavy (non-hydrogen) atoms. The second-order valence-electron chi connectivity index (χ2n) is 5.00. The Morgan fingerprint density at radius 2 is 1.78 bits per heavy atom. The van der Waals surface area contributed by atoms with Crippen molar-refractivity contribution in [3.05, 3.63) is 0 Å². The number of aliphatic hydroxyl groups excluding tert-OH is 4. The number of hydrogen-bond donors (Lipinski definition) is 7. The van der Waals surface area contributed by atoms with Gasteiger partial charge >= 0.3 is 5.97 Å². The van der Waals surface area contributed by atoms with Crippen molar-refractivity contribution in [1.82, 2.24) is 10.6 Å². The van der Waals surface area contributed by atoms with E-state index >= 15 is 0 Å². The summed E-state index contributed by atoms with van der Waals surface area (Å²) in [7, 11) is 0. The molecular weight excluding hydrogens is 312 g/mol. The van der Waals surface area contributed by atoms with Crippen molar-refractivity contribution < 1.29 is 39.9 Å². The monoisotopic (exact) mass is 336 g/mol. The van der Waals surface area contributed by atoms with Crippen molar-refractivity contribution >= 4 is 18.2 Å². The number of unbranched alkanes of at least 4 members (excludes halogenated alkanes) is 1. The van der Waals surface area contributed by atoms with Crippen LogP contribution in [0.25, 0.3) is 0 Å². The summed E-state index contributed by atoms with van der Waals surface area (Å²) in [5.41, 5.74) is 0. The third-order valence-corrected chi connectivity index (χ3v) is 3.20. The maximum Gasteiger partial charge on any atom is 0.326 e. The molecule has 0 saturated carbocycles. The first-order valence-electron chi connectivity index (χ1n) is 7.16. The fourth-order valence-corrected chi connectivity index (χ4v) is 1.78. The predicted octanol–water partition coefficient (Wildman–Crippen LogP) is -3.41. The Morgan fingerprint density at radius 3 is 2.30 bits per heavy atom. The van der Waals surface area contributed by atoms with Crippen molar-refractivity contribution in [2.75, 3.05) is 19.7 Å². The van der Waals surface area contributed by atoms with Crippen LogP contribution in [0.5, 0.6) is 0 Å². The molecule has 7 N–H and O–H groups in total. The largest absolute Gasteiger partial charge is 0.480 e. The van der Waals surface area contributed by atoms with E-state index in [0.717, 1.165) is 0 Å². The van der Waals surface area contributed by atoms with E-state index in [1.54, 1.807) is 0 Å². The van der Waals surface area contributed by atoms with Gasteiger partial charge in [-0.15, -0.1) is 0 Å². The summed E-state index contributed by atoms with van der Waals surface area (Å²) >= 11 is 0. The average Bonchev–Trinajstić information content (AvgIpc) is 2.54. The molecule has 0 heterocycles. The Morgan fingerprint density at radius 1 is 1.13 bits per heavy atom. The molecule has 0 rings (SSSR count). The van der Waals surface area contributed by atoms with Crippen LogP contribution in [0.3, 0.4) is 0 Å². The third kappa shape index (κ3) is 8.57. The van der Waals surface area contributed by atoms with E-state index in [1.165, 1.54) is 0 Å². The van der Waals surface area contributed by atoms with E-state index in [-0.39, 0.29) is 13.0 Å². The van der Waals surface area contributed by atoms with Gasteiger partial charge in [0.1, 0.15) is 24.4 Å². The van der Waals surface area contributed by atoms with Gasteiger partial charge in [0.25, 0.3) is 0 Å². The Labute approximate surface area is 133 Å². The molecule has 0 aliphatic heterocycles. The van der Waals surface area contributed by atoms with Crippen LogP contribution in [-0.2, 0) is 14.4 Å². The molecule has 0 saturated heterocycles. The van der Waals surface area contributed by atoms with E-state index in [0.29, 0.717) is 25.8 Å². The molecule has 0 aliphatic rings. The van der Waals surface area contributed by atoms with E-state index in [4.69, 9.17) is 15.3 Å². The van der Waals surface area contributed by atoms with E-state index < -0.39 is 42.7 Å². The Kier molecular flexibility index (Phi) is 11.1. The number of aliphatic hydroxyl groups is 4. The number of carbonyl (C=O) groups excluding carboxylic acids is 2. The zero-order chi connectivity index (χ0) is 17.8.